The Morgan fingerprint density at radius 2 is 2.08 bits per heavy atom. The minimum Gasteiger partial charge on any atom is -0.480 e. The van der Waals surface area contributed by atoms with Gasteiger partial charge in [-0.1, -0.05) is 26.7 Å². The smallest absolute Gasteiger partial charge is 0.320 e. The summed E-state index contributed by atoms with van der Waals surface area (Å²) in [7, 11) is 0. The second-order valence-corrected chi connectivity index (χ2v) is 2.99. The number of hydrogen-bond donors (Lipinski definition) is 2. The van der Waals surface area contributed by atoms with Crippen molar-refractivity contribution in [3.05, 3.63) is 0 Å². The molecule has 0 bridgehead atoms. The Morgan fingerprint density at radius 3 is 2.50 bits per heavy atom. The lowest BCUT2D eigenvalue weighted by atomic mass is 10.1. The van der Waals surface area contributed by atoms with Gasteiger partial charge in [-0.15, -0.1) is 0 Å². The summed E-state index contributed by atoms with van der Waals surface area (Å²) < 4.78 is 0. The van der Waals surface area contributed by atoms with Crippen molar-refractivity contribution in [1.29, 1.82) is 0 Å². The first kappa shape index (κ1) is 11.4. The topological polar surface area (TPSA) is 49.3 Å². The van der Waals surface area contributed by atoms with E-state index >= 15 is 0 Å². The van der Waals surface area contributed by atoms with E-state index in [1.54, 1.807) is 0 Å². The Morgan fingerprint density at radius 1 is 1.42 bits per heavy atom. The van der Waals surface area contributed by atoms with Gasteiger partial charge < -0.3 is 10.4 Å². The van der Waals surface area contributed by atoms with Crippen molar-refractivity contribution < 1.29 is 9.90 Å². The number of carboxylic acid groups (broad SMARTS) is 1. The molecule has 0 saturated carbocycles. The highest BCUT2D eigenvalue weighted by molar-refractivity contribution is 5.73. The third kappa shape index (κ3) is 5.13. The quantitative estimate of drug-likeness (QED) is 0.575. The van der Waals surface area contributed by atoms with Crippen LogP contribution in [-0.2, 0) is 4.79 Å². The molecule has 0 fully saturated rings. The Kier molecular flexibility index (Phi) is 6.76. The predicted octanol–water partition coefficient (Wildman–Crippen LogP) is 1.63. The van der Waals surface area contributed by atoms with E-state index in [1.807, 2.05) is 6.92 Å². The van der Waals surface area contributed by atoms with Gasteiger partial charge in [0.1, 0.15) is 6.04 Å². The van der Waals surface area contributed by atoms with Gasteiger partial charge in [0, 0.05) is 0 Å². The lowest BCUT2D eigenvalue weighted by Gasteiger charge is -2.12. The normalized spacial score (nSPS) is 12.8. The van der Waals surface area contributed by atoms with Crippen molar-refractivity contribution >= 4 is 5.97 Å². The summed E-state index contributed by atoms with van der Waals surface area (Å²) in [5.41, 5.74) is 0. The van der Waals surface area contributed by atoms with Crippen LogP contribution in [0.25, 0.3) is 0 Å². The van der Waals surface area contributed by atoms with Crippen LogP contribution >= 0.6 is 0 Å². The zero-order chi connectivity index (χ0) is 9.40. The van der Waals surface area contributed by atoms with Crippen LogP contribution in [0.4, 0.5) is 0 Å². The van der Waals surface area contributed by atoms with Gasteiger partial charge in [0.2, 0.25) is 0 Å². The van der Waals surface area contributed by atoms with E-state index in [2.05, 4.69) is 12.2 Å². The Balaban J connectivity index is 3.56. The third-order valence-electron chi connectivity index (χ3n) is 1.80. The molecule has 0 aliphatic carbocycles. The second-order valence-electron chi connectivity index (χ2n) is 2.99. The first-order valence-corrected chi connectivity index (χ1v) is 4.68. The first-order valence-electron chi connectivity index (χ1n) is 4.68. The molecule has 0 aliphatic rings. The molecular weight excluding hydrogens is 154 g/mol. The third-order valence-corrected chi connectivity index (χ3v) is 1.80. The molecule has 0 radical (unpaired) electrons. The highest BCUT2D eigenvalue weighted by Crippen LogP contribution is 1.97. The number of carbonyl (C=O) groups is 1. The number of rotatable bonds is 7. The monoisotopic (exact) mass is 173 g/mol. The molecule has 0 aliphatic heterocycles. The minimum absolute atomic E-state index is 0.346. The summed E-state index contributed by atoms with van der Waals surface area (Å²) in [6.07, 6.45) is 3.79. The van der Waals surface area contributed by atoms with Crippen LogP contribution < -0.4 is 5.32 Å². The van der Waals surface area contributed by atoms with Crippen molar-refractivity contribution in [2.45, 2.75) is 45.6 Å². The molecule has 0 rings (SSSR count). The molecule has 2 N–H and O–H groups in total. The van der Waals surface area contributed by atoms with Crippen LogP contribution in [0.1, 0.15) is 39.5 Å². The molecule has 12 heavy (non-hydrogen) atoms. The summed E-state index contributed by atoms with van der Waals surface area (Å²) in [5, 5.41) is 11.8. The maximum absolute atomic E-state index is 10.6. The molecule has 72 valence electrons. The molecule has 0 saturated heterocycles. The van der Waals surface area contributed by atoms with Gasteiger partial charge in [-0.3, -0.25) is 4.79 Å². The summed E-state index contributed by atoms with van der Waals surface area (Å²) >= 11 is 0. The maximum Gasteiger partial charge on any atom is 0.320 e. The van der Waals surface area contributed by atoms with Crippen LogP contribution in [-0.4, -0.2) is 23.7 Å². The second kappa shape index (κ2) is 7.10. The van der Waals surface area contributed by atoms with Gasteiger partial charge in [-0.05, 0) is 19.4 Å². The van der Waals surface area contributed by atoms with Gasteiger partial charge in [-0.2, -0.15) is 0 Å². The average Bonchev–Trinajstić information content (AvgIpc) is 2.03. The summed E-state index contributed by atoms with van der Waals surface area (Å²) in [6, 6.07) is -0.346. The molecule has 0 aromatic heterocycles. The lowest BCUT2D eigenvalue weighted by Crippen LogP contribution is -2.36. The molecule has 0 amide bonds. The van der Waals surface area contributed by atoms with Gasteiger partial charge >= 0.3 is 5.97 Å². The standard InChI is InChI=1S/C9H19NO2/c1-3-5-7-10-8(6-4-2)9(11)12/h8,10H,3-7H2,1-2H3,(H,11,12). The van der Waals surface area contributed by atoms with E-state index in [0.29, 0.717) is 0 Å². The molecule has 3 nitrogen and oxygen atoms in total. The van der Waals surface area contributed by atoms with Crippen LogP contribution in [0, 0.1) is 0 Å². The minimum atomic E-state index is -0.729. The summed E-state index contributed by atoms with van der Waals surface area (Å²) in [6.45, 7) is 4.90. The number of nitrogens with one attached hydrogen (secondary N) is 1. The zero-order valence-electron chi connectivity index (χ0n) is 7.97. The Labute approximate surface area is 74.2 Å². The van der Waals surface area contributed by atoms with Gasteiger partial charge in [0.25, 0.3) is 0 Å². The van der Waals surface area contributed by atoms with Crippen molar-refractivity contribution in [3.8, 4) is 0 Å². The van der Waals surface area contributed by atoms with E-state index < -0.39 is 5.97 Å². The predicted molar refractivity (Wildman–Crippen MR) is 49.2 cm³/mol. The number of carboxylic acids is 1. The SMILES string of the molecule is CCCCNC(CCC)C(=O)O. The number of aliphatic carboxylic acids is 1. The van der Waals surface area contributed by atoms with Crippen LogP contribution in [0.3, 0.4) is 0 Å². The van der Waals surface area contributed by atoms with E-state index in [1.165, 1.54) is 0 Å². The van der Waals surface area contributed by atoms with Gasteiger partial charge in [-0.25, -0.2) is 0 Å². The van der Waals surface area contributed by atoms with Gasteiger partial charge in [0.15, 0.2) is 0 Å². The van der Waals surface area contributed by atoms with E-state index in [4.69, 9.17) is 5.11 Å². The summed E-state index contributed by atoms with van der Waals surface area (Å²) in [4.78, 5) is 10.6. The van der Waals surface area contributed by atoms with Crippen LogP contribution in [0.2, 0.25) is 0 Å². The summed E-state index contributed by atoms with van der Waals surface area (Å²) in [5.74, 6) is -0.729. The molecule has 1 unspecified atom stereocenters. The molecule has 1 atom stereocenters. The fraction of sp³-hybridized carbons (Fsp3) is 0.889. The lowest BCUT2D eigenvalue weighted by molar-refractivity contribution is -0.139. The maximum atomic E-state index is 10.6. The Hall–Kier alpha value is -0.570. The van der Waals surface area contributed by atoms with Crippen molar-refractivity contribution in [2.24, 2.45) is 0 Å². The van der Waals surface area contributed by atoms with Crippen molar-refractivity contribution in [1.82, 2.24) is 5.32 Å². The molecule has 0 aromatic carbocycles. The van der Waals surface area contributed by atoms with Gasteiger partial charge in [0.05, 0.1) is 0 Å². The van der Waals surface area contributed by atoms with Crippen LogP contribution in [0.5, 0.6) is 0 Å². The largest absolute Gasteiger partial charge is 0.480 e. The zero-order valence-corrected chi connectivity index (χ0v) is 7.97. The Bertz CT molecular complexity index is 126. The number of unbranched alkanes of at least 4 members (excludes halogenated alkanes) is 1. The number of hydrogen-bond acceptors (Lipinski definition) is 2. The van der Waals surface area contributed by atoms with E-state index in [-0.39, 0.29) is 6.04 Å². The van der Waals surface area contributed by atoms with E-state index in [0.717, 1.165) is 32.2 Å². The molecular formula is C9H19NO2. The first-order chi connectivity index (χ1) is 5.72. The fourth-order valence-corrected chi connectivity index (χ4v) is 1.05. The molecule has 0 spiro atoms. The molecule has 0 aromatic rings. The van der Waals surface area contributed by atoms with Crippen LogP contribution in [0.15, 0.2) is 0 Å². The van der Waals surface area contributed by atoms with Crippen molar-refractivity contribution in [2.75, 3.05) is 6.54 Å². The molecule has 3 heteroatoms. The van der Waals surface area contributed by atoms with E-state index in [9.17, 15) is 4.79 Å². The highest BCUT2D eigenvalue weighted by Gasteiger charge is 2.13. The highest BCUT2D eigenvalue weighted by atomic mass is 16.4. The average molecular weight is 173 g/mol. The molecule has 0 heterocycles. The van der Waals surface area contributed by atoms with Crippen molar-refractivity contribution in [3.63, 3.8) is 0 Å². The fourth-order valence-electron chi connectivity index (χ4n) is 1.05.